The standard InChI is InChI=1S/C22H21N5O/c1-22-11-10-18(13-17(22)12-16-4-2-3-5-19(16)22)25-21(28)15-8-6-14(7-9-15)20(26-23)27-24/h2-10,13,23H,11-12,24H2,1H3,(H,25,28). The van der Waals surface area contributed by atoms with E-state index in [-0.39, 0.29) is 17.2 Å². The Morgan fingerprint density at radius 3 is 2.57 bits per heavy atom. The summed E-state index contributed by atoms with van der Waals surface area (Å²) in [5.74, 6) is 5.14. The van der Waals surface area contributed by atoms with Gasteiger partial charge in [0.15, 0.2) is 5.84 Å². The summed E-state index contributed by atoms with van der Waals surface area (Å²) in [5, 5.41) is 9.70. The predicted molar refractivity (Wildman–Crippen MR) is 108 cm³/mol. The van der Waals surface area contributed by atoms with Gasteiger partial charge in [0.1, 0.15) is 0 Å². The molecule has 0 heterocycles. The molecule has 0 aliphatic heterocycles. The number of nitrogens with one attached hydrogen (secondary N) is 2. The quantitative estimate of drug-likeness (QED) is 0.251. The molecule has 1 atom stereocenters. The first kappa shape index (κ1) is 17.9. The van der Waals surface area contributed by atoms with Crippen molar-refractivity contribution < 1.29 is 4.79 Å². The van der Waals surface area contributed by atoms with Gasteiger partial charge in [-0.2, -0.15) is 5.10 Å². The Morgan fingerprint density at radius 1 is 1.14 bits per heavy atom. The smallest absolute Gasteiger partial charge is 0.255 e. The molecule has 0 radical (unpaired) electrons. The third kappa shape index (κ3) is 2.93. The molecule has 2 aromatic rings. The summed E-state index contributed by atoms with van der Waals surface area (Å²) in [6, 6.07) is 15.3. The van der Waals surface area contributed by atoms with Gasteiger partial charge in [0.05, 0.1) is 0 Å². The number of amidine groups is 1. The molecule has 28 heavy (non-hydrogen) atoms. The molecule has 140 valence electrons. The van der Waals surface area contributed by atoms with E-state index in [1.165, 1.54) is 16.7 Å². The van der Waals surface area contributed by atoms with Crippen molar-refractivity contribution in [1.29, 1.82) is 5.53 Å². The van der Waals surface area contributed by atoms with Crippen molar-refractivity contribution in [2.24, 2.45) is 16.1 Å². The summed E-state index contributed by atoms with van der Waals surface area (Å²) in [6.07, 6.45) is 5.99. The Hall–Kier alpha value is -3.54. The van der Waals surface area contributed by atoms with Gasteiger partial charge < -0.3 is 11.2 Å². The Bertz CT molecular complexity index is 1050. The van der Waals surface area contributed by atoms with Crippen LogP contribution in [0.25, 0.3) is 0 Å². The molecule has 4 N–H and O–H groups in total. The molecule has 0 saturated carbocycles. The van der Waals surface area contributed by atoms with E-state index in [0.717, 1.165) is 18.5 Å². The van der Waals surface area contributed by atoms with Crippen LogP contribution in [0.1, 0.15) is 40.4 Å². The van der Waals surface area contributed by atoms with Crippen molar-refractivity contribution in [1.82, 2.24) is 5.32 Å². The Balaban J connectivity index is 1.51. The number of allylic oxidation sites excluding steroid dienone is 3. The van der Waals surface area contributed by atoms with Crippen LogP contribution in [-0.4, -0.2) is 11.7 Å². The molecule has 1 unspecified atom stereocenters. The fourth-order valence-corrected chi connectivity index (χ4v) is 4.03. The number of amides is 1. The molecule has 6 nitrogen and oxygen atoms in total. The molecule has 0 bridgehead atoms. The van der Waals surface area contributed by atoms with Gasteiger partial charge >= 0.3 is 0 Å². The molecule has 6 heteroatoms. The minimum Gasteiger partial charge on any atom is -0.322 e. The minimum absolute atomic E-state index is 0.0180. The van der Waals surface area contributed by atoms with Crippen LogP contribution in [0.4, 0.5) is 0 Å². The van der Waals surface area contributed by atoms with Crippen molar-refractivity contribution in [3.05, 3.63) is 94.2 Å². The van der Waals surface area contributed by atoms with Gasteiger partial charge in [-0.1, -0.05) is 55.0 Å². The normalized spacial score (nSPS) is 20.5. The van der Waals surface area contributed by atoms with Crippen molar-refractivity contribution in [2.75, 3.05) is 0 Å². The molecule has 0 saturated heterocycles. The van der Waals surface area contributed by atoms with Crippen molar-refractivity contribution in [3.8, 4) is 0 Å². The lowest BCUT2D eigenvalue weighted by atomic mass is 9.75. The largest absolute Gasteiger partial charge is 0.322 e. The van der Waals surface area contributed by atoms with Gasteiger partial charge in [0, 0.05) is 22.2 Å². The zero-order valence-electron chi connectivity index (χ0n) is 15.6. The molecular weight excluding hydrogens is 350 g/mol. The fourth-order valence-electron chi connectivity index (χ4n) is 4.03. The highest BCUT2D eigenvalue weighted by atomic mass is 16.1. The zero-order valence-corrected chi connectivity index (χ0v) is 15.6. The average molecular weight is 371 g/mol. The van der Waals surface area contributed by atoms with E-state index in [9.17, 15) is 4.79 Å². The number of hydrogen-bond donors (Lipinski definition) is 3. The second kappa shape index (κ2) is 6.88. The summed E-state index contributed by atoms with van der Waals surface area (Å²) < 4.78 is 0. The SMILES string of the molecule is CC12CC=C(NC(=O)c3ccc(C(N=N)=NN)cc3)C=C1Cc1ccccc12. The van der Waals surface area contributed by atoms with Gasteiger partial charge in [-0.3, -0.25) is 4.79 Å². The Morgan fingerprint density at radius 2 is 1.86 bits per heavy atom. The van der Waals surface area contributed by atoms with Crippen LogP contribution in [0.5, 0.6) is 0 Å². The molecule has 1 amide bonds. The first-order valence-corrected chi connectivity index (χ1v) is 9.12. The lowest BCUT2D eigenvalue weighted by Gasteiger charge is -2.30. The second-order valence-electron chi connectivity index (χ2n) is 7.30. The summed E-state index contributed by atoms with van der Waals surface area (Å²) in [7, 11) is 0. The van der Waals surface area contributed by atoms with Crippen LogP contribution in [0.15, 0.2) is 82.2 Å². The van der Waals surface area contributed by atoms with Gasteiger partial charge in [0.2, 0.25) is 0 Å². The van der Waals surface area contributed by atoms with Gasteiger partial charge in [-0.15, -0.1) is 5.11 Å². The van der Waals surface area contributed by atoms with E-state index < -0.39 is 0 Å². The minimum atomic E-state index is -0.178. The summed E-state index contributed by atoms with van der Waals surface area (Å²) in [4.78, 5) is 12.6. The Labute approximate surface area is 163 Å². The number of nitrogens with zero attached hydrogens (tertiary/aromatic N) is 2. The maximum absolute atomic E-state index is 12.6. The van der Waals surface area contributed by atoms with Crippen LogP contribution >= 0.6 is 0 Å². The molecule has 2 aliphatic rings. The number of hydrazone groups is 1. The predicted octanol–water partition coefficient (Wildman–Crippen LogP) is 3.80. The monoisotopic (exact) mass is 371 g/mol. The molecule has 4 rings (SSSR count). The highest BCUT2D eigenvalue weighted by Gasteiger charge is 2.39. The van der Waals surface area contributed by atoms with Crippen LogP contribution in [0.3, 0.4) is 0 Å². The third-order valence-corrected chi connectivity index (χ3v) is 5.65. The summed E-state index contributed by atoms with van der Waals surface area (Å²) in [5.41, 5.74) is 13.1. The zero-order chi connectivity index (χ0) is 19.7. The molecule has 0 spiro atoms. The molecule has 0 aromatic heterocycles. The first-order chi connectivity index (χ1) is 13.5. The van der Waals surface area contributed by atoms with Crippen molar-refractivity contribution >= 4 is 11.7 Å². The number of benzene rings is 2. The number of hydrogen-bond acceptors (Lipinski definition) is 4. The van der Waals surface area contributed by atoms with E-state index in [1.54, 1.807) is 24.3 Å². The maximum atomic E-state index is 12.6. The number of carbonyl (C=O) groups excluding carboxylic acids is 1. The summed E-state index contributed by atoms with van der Waals surface area (Å²) >= 11 is 0. The Kier molecular flexibility index (Phi) is 4.39. The third-order valence-electron chi connectivity index (χ3n) is 5.65. The molecule has 2 aromatic carbocycles. The van der Waals surface area contributed by atoms with E-state index >= 15 is 0 Å². The number of fused-ring (bicyclic) bond motifs is 3. The molecular formula is C22H21N5O. The van der Waals surface area contributed by atoms with Gasteiger partial charge in [-0.25, -0.2) is 5.53 Å². The average Bonchev–Trinajstić information content (AvgIpc) is 3.01. The van der Waals surface area contributed by atoms with E-state index in [2.05, 4.69) is 58.9 Å². The lowest BCUT2D eigenvalue weighted by Crippen LogP contribution is -2.28. The first-order valence-electron chi connectivity index (χ1n) is 9.12. The van der Waals surface area contributed by atoms with Crippen LogP contribution in [0, 0.1) is 5.53 Å². The van der Waals surface area contributed by atoms with E-state index in [1.807, 2.05) is 0 Å². The maximum Gasteiger partial charge on any atom is 0.255 e. The topological polar surface area (TPSA) is 104 Å². The van der Waals surface area contributed by atoms with Gasteiger partial charge in [-0.05, 0) is 42.2 Å². The highest BCUT2D eigenvalue weighted by Crippen LogP contribution is 2.47. The van der Waals surface area contributed by atoms with E-state index in [4.69, 9.17) is 11.4 Å². The number of nitrogens with two attached hydrogens (primary N) is 1. The number of rotatable bonds is 3. The van der Waals surface area contributed by atoms with Crippen molar-refractivity contribution in [2.45, 2.75) is 25.2 Å². The van der Waals surface area contributed by atoms with Crippen LogP contribution < -0.4 is 11.2 Å². The number of carbonyl (C=O) groups is 1. The van der Waals surface area contributed by atoms with Crippen LogP contribution in [-0.2, 0) is 11.8 Å². The van der Waals surface area contributed by atoms with Gasteiger partial charge in [0.25, 0.3) is 5.91 Å². The summed E-state index contributed by atoms with van der Waals surface area (Å²) in [6.45, 7) is 2.27. The highest BCUT2D eigenvalue weighted by molar-refractivity contribution is 6.00. The molecule has 0 fully saturated rings. The van der Waals surface area contributed by atoms with Crippen molar-refractivity contribution in [3.63, 3.8) is 0 Å². The molecule has 2 aliphatic carbocycles. The van der Waals surface area contributed by atoms with Crippen LogP contribution in [0.2, 0.25) is 0 Å². The van der Waals surface area contributed by atoms with E-state index in [0.29, 0.717) is 11.1 Å². The lowest BCUT2D eigenvalue weighted by molar-refractivity contribution is 0.0966. The fraction of sp³-hybridized carbons (Fsp3) is 0.182. The second-order valence-corrected chi connectivity index (χ2v) is 7.30.